The van der Waals surface area contributed by atoms with Gasteiger partial charge in [0.1, 0.15) is 5.92 Å². The summed E-state index contributed by atoms with van der Waals surface area (Å²) in [7, 11) is 0. The zero-order valence-electron chi connectivity index (χ0n) is 11.1. The molecular formula is C15H20N2O. The summed E-state index contributed by atoms with van der Waals surface area (Å²) in [6.07, 6.45) is 3.41. The molecular weight excluding hydrogens is 224 g/mol. The summed E-state index contributed by atoms with van der Waals surface area (Å²) >= 11 is 0. The second kappa shape index (κ2) is 7.50. The van der Waals surface area contributed by atoms with E-state index < -0.39 is 5.92 Å². The number of amides is 1. The summed E-state index contributed by atoms with van der Waals surface area (Å²) in [6, 6.07) is 9.83. The number of carbonyl (C=O) groups excluding carboxylic acids is 1. The number of nitrogens with one attached hydrogen (secondary N) is 1. The molecule has 0 fully saturated rings. The average Bonchev–Trinajstić information content (AvgIpc) is 2.38. The summed E-state index contributed by atoms with van der Waals surface area (Å²) in [5.74, 6) is -0.743. The lowest BCUT2D eigenvalue weighted by Gasteiger charge is -2.12. The van der Waals surface area contributed by atoms with Crippen LogP contribution in [0.2, 0.25) is 0 Å². The van der Waals surface area contributed by atoms with E-state index in [0.29, 0.717) is 6.42 Å². The van der Waals surface area contributed by atoms with Crippen LogP contribution in [0.4, 0.5) is 5.69 Å². The van der Waals surface area contributed by atoms with Gasteiger partial charge in [0.2, 0.25) is 5.91 Å². The van der Waals surface area contributed by atoms with Gasteiger partial charge in [-0.2, -0.15) is 5.26 Å². The van der Waals surface area contributed by atoms with Gasteiger partial charge in [-0.1, -0.05) is 44.9 Å². The molecule has 1 rings (SSSR count). The molecule has 1 unspecified atom stereocenters. The minimum absolute atomic E-state index is 0.192. The molecule has 3 nitrogen and oxygen atoms in total. The predicted molar refractivity (Wildman–Crippen MR) is 73.1 cm³/mol. The van der Waals surface area contributed by atoms with Crippen LogP contribution in [-0.4, -0.2) is 5.91 Å². The number of hydrogen-bond acceptors (Lipinski definition) is 2. The van der Waals surface area contributed by atoms with Crippen LogP contribution in [0.5, 0.6) is 0 Å². The number of nitrogens with zero attached hydrogens (tertiary/aromatic N) is 1. The molecule has 0 aliphatic carbocycles. The first-order valence-electron chi connectivity index (χ1n) is 6.51. The minimum atomic E-state index is -0.551. The number of anilines is 1. The van der Waals surface area contributed by atoms with E-state index in [1.807, 2.05) is 31.2 Å². The van der Waals surface area contributed by atoms with E-state index in [0.717, 1.165) is 30.5 Å². The van der Waals surface area contributed by atoms with E-state index in [-0.39, 0.29) is 5.91 Å². The Morgan fingerprint density at radius 3 is 2.67 bits per heavy atom. The fourth-order valence-electron chi connectivity index (χ4n) is 1.89. The van der Waals surface area contributed by atoms with Crippen LogP contribution >= 0.6 is 0 Å². The normalized spacial score (nSPS) is 11.6. The van der Waals surface area contributed by atoms with Gasteiger partial charge in [0.25, 0.3) is 0 Å². The van der Waals surface area contributed by atoms with Crippen molar-refractivity contribution in [1.82, 2.24) is 0 Å². The van der Waals surface area contributed by atoms with E-state index in [2.05, 4.69) is 18.3 Å². The molecule has 0 aromatic heterocycles. The van der Waals surface area contributed by atoms with Crippen LogP contribution in [0.1, 0.15) is 38.7 Å². The van der Waals surface area contributed by atoms with E-state index >= 15 is 0 Å². The van der Waals surface area contributed by atoms with E-state index in [1.54, 1.807) is 0 Å². The van der Waals surface area contributed by atoms with Gasteiger partial charge in [0, 0.05) is 5.69 Å². The average molecular weight is 244 g/mol. The van der Waals surface area contributed by atoms with Crippen molar-refractivity contribution in [3.8, 4) is 6.07 Å². The van der Waals surface area contributed by atoms with Gasteiger partial charge in [-0.15, -0.1) is 0 Å². The molecule has 0 saturated carbocycles. The highest BCUT2D eigenvalue weighted by atomic mass is 16.1. The van der Waals surface area contributed by atoms with Crippen LogP contribution in [0, 0.1) is 17.2 Å². The summed E-state index contributed by atoms with van der Waals surface area (Å²) in [5.41, 5.74) is 1.96. The largest absolute Gasteiger partial charge is 0.325 e. The lowest BCUT2D eigenvalue weighted by atomic mass is 10.0. The Morgan fingerprint density at radius 2 is 2.06 bits per heavy atom. The van der Waals surface area contributed by atoms with Gasteiger partial charge in [-0.25, -0.2) is 0 Å². The third-order valence-electron chi connectivity index (χ3n) is 2.84. The number of nitriles is 1. The molecule has 0 saturated heterocycles. The van der Waals surface area contributed by atoms with E-state index in [1.165, 1.54) is 0 Å². The first-order chi connectivity index (χ1) is 8.72. The molecule has 1 N–H and O–H groups in total. The number of rotatable bonds is 6. The van der Waals surface area contributed by atoms with Gasteiger partial charge in [0.15, 0.2) is 0 Å². The highest BCUT2D eigenvalue weighted by Gasteiger charge is 2.17. The molecule has 0 radical (unpaired) electrons. The maximum absolute atomic E-state index is 12.0. The van der Waals surface area contributed by atoms with Crippen molar-refractivity contribution in [3.63, 3.8) is 0 Å². The first-order valence-corrected chi connectivity index (χ1v) is 6.51. The number of para-hydroxylation sites is 1. The molecule has 3 heteroatoms. The van der Waals surface area contributed by atoms with Crippen LogP contribution in [0.25, 0.3) is 0 Å². The second-order valence-corrected chi connectivity index (χ2v) is 4.37. The maximum Gasteiger partial charge on any atom is 0.241 e. The minimum Gasteiger partial charge on any atom is -0.325 e. The highest BCUT2D eigenvalue weighted by molar-refractivity contribution is 5.94. The quantitative estimate of drug-likeness (QED) is 0.832. The van der Waals surface area contributed by atoms with Gasteiger partial charge in [-0.05, 0) is 24.5 Å². The SMILES string of the molecule is CCCc1ccccc1NC(=O)C(C#N)CCC. The number of carbonyl (C=O) groups is 1. The summed E-state index contributed by atoms with van der Waals surface area (Å²) < 4.78 is 0. The predicted octanol–water partition coefficient (Wildman–Crippen LogP) is 3.52. The van der Waals surface area contributed by atoms with Gasteiger partial charge in [0.05, 0.1) is 6.07 Å². The highest BCUT2D eigenvalue weighted by Crippen LogP contribution is 2.18. The monoisotopic (exact) mass is 244 g/mol. The third-order valence-corrected chi connectivity index (χ3v) is 2.84. The Bertz CT molecular complexity index is 434. The lowest BCUT2D eigenvalue weighted by molar-refractivity contribution is -0.118. The molecule has 1 aromatic rings. The standard InChI is InChI=1S/C15H20N2O/c1-3-7-12-9-5-6-10-14(12)17-15(18)13(11-16)8-4-2/h5-6,9-10,13H,3-4,7-8H2,1-2H3,(H,17,18). The zero-order chi connectivity index (χ0) is 13.4. The Hall–Kier alpha value is -1.82. The third kappa shape index (κ3) is 3.89. The molecule has 18 heavy (non-hydrogen) atoms. The Morgan fingerprint density at radius 1 is 1.33 bits per heavy atom. The van der Waals surface area contributed by atoms with Gasteiger partial charge in [-0.3, -0.25) is 4.79 Å². The molecule has 0 bridgehead atoms. The van der Waals surface area contributed by atoms with Crippen molar-refractivity contribution in [1.29, 1.82) is 5.26 Å². The van der Waals surface area contributed by atoms with E-state index in [9.17, 15) is 4.79 Å². The molecule has 96 valence electrons. The van der Waals surface area contributed by atoms with Gasteiger partial charge >= 0.3 is 0 Å². The lowest BCUT2D eigenvalue weighted by Crippen LogP contribution is -2.22. The molecule has 0 heterocycles. The van der Waals surface area contributed by atoms with Crippen molar-refractivity contribution in [2.45, 2.75) is 39.5 Å². The van der Waals surface area contributed by atoms with Crippen molar-refractivity contribution >= 4 is 11.6 Å². The number of hydrogen-bond donors (Lipinski definition) is 1. The Kier molecular flexibility index (Phi) is 5.93. The number of benzene rings is 1. The Balaban J connectivity index is 2.78. The zero-order valence-corrected chi connectivity index (χ0v) is 11.1. The molecule has 0 aliphatic heterocycles. The Labute approximate surface area is 109 Å². The number of aryl methyl sites for hydroxylation is 1. The summed E-state index contributed by atoms with van der Waals surface area (Å²) in [5, 5.41) is 11.8. The topological polar surface area (TPSA) is 52.9 Å². The van der Waals surface area contributed by atoms with Crippen LogP contribution in [0.3, 0.4) is 0 Å². The summed E-state index contributed by atoms with van der Waals surface area (Å²) in [6.45, 7) is 4.08. The van der Waals surface area contributed by atoms with E-state index in [4.69, 9.17) is 5.26 Å². The first kappa shape index (κ1) is 14.2. The van der Waals surface area contributed by atoms with Crippen molar-refractivity contribution < 1.29 is 4.79 Å². The molecule has 0 aliphatic rings. The van der Waals surface area contributed by atoms with Crippen LogP contribution in [0.15, 0.2) is 24.3 Å². The fourth-order valence-corrected chi connectivity index (χ4v) is 1.89. The fraction of sp³-hybridized carbons (Fsp3) is 0.467. The van der Waals surface area contributed by atoms with Crippen molar-refractivity contribution in [3.05, 3.63) is 29.8 Å². The second-order valence-electron chi connectivity index (χ2n) is 4.37. The van der Waals surface area contributed by atoms with Gasteiger partial charge < -0.3 is 5.32 Å². The maximum atomic E-state index is 12.0. The molecule has 1 atom stereocenters. The molecule has 1 amide bonds. The smallest absolute Gasteiger partial charge is 0.241 e. The van der Waals surface area contributed by atoms with Crippen LogP contribution < -0.4 is 5.32 Å². The van der Waals surface area contributed by atoms with Crippen molar-refractivity contribution in [2.75, 3.05) is 5.32 Å². The summed E-state index contributed by atoms with van der Waals surface area (Å²) in [4.78, 5) is 12.0. The molecule has 1 aromatic carbocycles. The van der Waals surface area contributed by atoms with Crippen LogP contribution in [-0.2, 0) is 11.2 Å². The van der Waals surface area contributed by atoms with Crippen molar-refractivity contribution in [2.24, 2.45) is 5.92 Å². The molecule has 0 spiro atoms.